The molecule has 6 heterocycles. The number of H-pyrrole nitrogens is 1. The Morgan fingerprint density at radius 1 is 0.920 bits per heavy atom. The maximum atomic E-state index is 13.4. The first kappa shape index (κ1) is 53.7. The monoisotopic (exact) mass is 1030 g/mol. The normalized spacial score (nSPS) is 22.9. The average Bonchev–Trinajstić information content (AvgIpc) is 4.12. The van der Waals surface area contributed by atoms with E-state index in [1.165, 1.54) is 11.9 Å². The van der Waals surface area contributed by atoms with E-state index < -0.39 is 42.4 Å². The number of allylic oxidation sites excluding steroid dienone is 1. The van der Waals surface area contributed by atoms with Crippen LogP contribution >= 0.6 is 0 Å². The highest BCUT2D eigenvalue weighted by atomic mass is 16.6. The molecule has 5 atom stereocenters. The number of Topliss-reactive ketones (excluding diaryl/α,β-unsaturated/α-hetero) is 1. The number of imide groups is 1. The Hall–Kier alpha value is -6.08. The molecule has 0 radical (unpaired) electrons. The summed E-state index contributed by atoms with van der Waals surface area (Å²) in [7, 11) is 0. The number of fused-ring (bicyclic) bond motifs is 3. The fraction of sp³-hybridized carbons (Fsp3) is 0.579. The minimum Gasteiger partial charge on any atom is -0.387 e. The van der Waals surface area contributed by atoms with Crippen LogP contribution in [0.3, 0.4) is 0 Å². The molecule has 5 aromatic rings. The maximum Gasteiger partial charge on any atom is 0.264 e. The van der Waals surface area contributed by atoms with Gasteiger partial charge < -0.3 is 35.9 Å². The largest absolute Gasteiger partial charge is 0.387 e. The van der Waals surface area contributed by atoms with Crippen LogP contribution in [0, 0.1) is 5.92 Å². The molecule has 0 spiro atoms. The number of carbonyl (C=O) groups is 4. The minimum atomic E-state index is -1.16. The highest BCUT2D eigenvalue weighted by molar-refractivity contribution is 6.25. The Kier molecular flexibility index (Phi) is 16.8. The molecule has 0 bridgehead atoms. The molecule has 3 aliphatic heterocycles. The number of rotatable bonds is 25. The summed E-state index contributed by atoms with van der Waals surface area (Å²) >= 11 is 0. The molecule has 402 valence electrons. The Bertz CT molecular complexity index is 2860. The van der Waals surface area contributed by atoms with E-state index in [0.29, 0.717) is 96.8 Å². The summed E-state index contributed by atoms with van der Waals surface area (Å²) < 4.78 is 8.14. The van der Waals surface area contributed by atoms with Gasteiger partial charge in [-0.15, -0.1) is 0 Å². The number of ether oxygens (including phenoxy) is 1. The number of hydrogen-bond acceptors (Lipinski definition) is 14. The number of carbonyl (C=O) groups excluding carboxylic acids is 4. The molecule has 2 saturated heterocycles. The number of benzene rings is 2. The molecule has 1 aliphatic carbocycles. The summed E-state index contributed by atoms with van der Waals surface area (Å²) in [5.41, 5.74) is 6.38. The van der Waals surface area contributed by atoms with Gasteiger partial charge in [0.15, 0.2) is 23.2 Å². The number of aliphatic hydroxyl groups is 2. The first-order valence-electron chi connectivity index (χ1n) is 27.5. The zero-order chi connectivity index (χ0) is 53.0. The van der Waals surface area contributed by atoms with Crippen molar-refractivity contribution in [3.05, 3.63) is 83.8 Å². The van der Waals surface area contributed by atoms with E-state index in [1.54, 1.807) is 29.1 Å². The molecule has 18 heteroatoms. The number of imidazole rings is 2. The Morgan fingerprint density at radius 3 is 2.40 bits per heavy atom. The summed E-state index contributed by atoms with van der Waals surface area (Å²) in [5, 5.41) is 32.0. The fourth-order valence-electron chi connectivity index (χ4n) is 11.4. The number of piperidine rings is 1. The third-order valence-corrected chi connectivity index (χ3v) is 15.8. The highest BCUT2D eigenvalue weighted by Gasteiger charge is 2.47. The van der Waals surface area contributed by atoms with Crippen LogP contribution in [0.5, 0.6) is 0 Å². The number of nitrogens with one attached hydrogen (secondary N) is 4. The van der Waals surface area contributed by atoms with E-state index in [1.807, 2.05) is 0 Å². The lowest BCUT2D eigenvalue weighted by atomic mass is 9.76. The summed E-state index contributed by atoms with van der Waals surface area (Å²) in [6.45, 7) is 16.6. The lowest BCUT2D eigenvalue weighted by Gasteiger charge is -2.46. The summed E-state index contributed by atoms with van der Waals surface area (Å²) in [5.74, 6) is 1.23. The van der Waals surface area contributed by atoms with Gasteiger partial charge in [-0.2, -0.15) is 0 Å². The van der Waals surface area contributed by atoms with Crippen molar-refractivity contribution < 1.29 is 34.1 Å². The number of nitrogens with zero attached hydrogens (tertiary/aromatic N) is 7. The lowest BCUT2D eigenvalue weighted by molar-refractivity contribution is -0.125. The average molecular weight is 1030 g/mol. The maximum absolute atomic E-state index is 13.4. The predicted octanol–water partition coefficient (Wildman–Crippen LogP) is 8.12. The van der Waals surface area contributed by atoms with Crippen LogP contribution in [0.4, 0.5) is 11.5 Å². The quantitative estimate of drug-likeness (QED) is 0.0240. The summed E-state index contributed by atoms with van der Waals surface area (Å²) in [6, 6.07) is 11.5. The second-order valence-corrected chi connectivity index (χ2v) is 22.7. The third kappa shape index (κ3) is 12.1. The van der Waals surface area contributed by atoms with Crippen molar-refractivity contribution in [1.82, 2.24) is 44.6 Å². The predicted molar refractivity (Wildman–Crippen MR) is 288 cm³/mol. The van der Waals surface area contributed by atoms with Gasteiger partial charge in [0.2, 0.25) is 5.91 Å². The van der Waals surface area contributed by atoms with Crippen LogP contribution in [0.2, 0.25) is 0 Å². The van der Waals surface area contributed by atoms with Crippen LogP contribution in [-0.2, 0) is 26.2 Å². The number of aromatic nitrogens is 6. The zero-order valence-corrected chi connectivity index (χ0v) is 44.4. The molecule has 3 amide bonds. The van der Waals surface area contributed by atoms with E-state index in [9.17, 15) is 29.4 Å². The van der Waals surface area contributed by atoms with Crippen molar-refractivity contribution in [3.63, 3.8) is 0 Å². The number of ketones is 1. The molecule has 1 saturated carbocycles. The van der Waals surface area contributed by atoms with Crippen molar-refractivity contribution in [2.75, 3.05) is 30.3 Å². The number of unbranched alkanes of at least 4 members (excludes halogenated alkanes) is 6. The minimum absolute atomic E-state index is 0.0836. The standard InChI is InChI=1S/C57H77N11O7/c1-34(2)66(38-28-36(29-38)21-25-46-64-41-23-22-37(57(4,5)6)30-43(41)65-46)31-45-49(70)50(71)56(75-45)67-33-62-48-51(60-32-61-52(48)67)59-27-14-10-12-17-39(69)16-11-8-7-9-13-26-58-42-19-15-18-40-47(42)55(74)68(54(40)73)44-24-20-35(3)63-53(44)72/h15,18-19,22-23,30,32-34,36,38,44-45,49-50,56,58,70-71H,3,7-14,16-17,20-21,24-29,31H2,1-2,4-6H3,(H,63,72)(H,64,65)(H,59,60,61)/t36?,38?,44?,45-,49?,50+,56-/m1/s1. The van der Waals surface area contributed by atoms with Crippen LogP contribution in [0.25, 0.3) is 22.2 Å². The summed E-state index contributed by atoms with van der Waals surface area (Å²) in [6.07, 6.45) is 12.7. The van der Waals surface area contributed by atoms with Crippen LogP contribution < -0.4 is 16.0 Å². The molecule has 18 nitrogen and oxygen atoms in total. The van der Waals surface area contributed by atoms with Crippen molar-refractivity contribution in [2.45, 2.75) is 185 Å². The van der Waals surface area contributed by atoms with Crippen LogP contribution in [0.1, 0.15) is 169 Å². The van der Waals surface area contributed by atoms with Gasteiger partial charge in [-0.25, -0.2) is 19.9 Å². The van der Waals surface area contributed by atoms with Gasteiger partial charge in [-0.3, -0.25) is 33.5 Å². The van der Waals surface area contributed by atoms with Gasteiger partial charge >= 0.3 is 0 Å². The first-order valence-corrected chi connectivity index (χ1v) is 27.5. The smallest absolute Gasteiger partial charge is 0.264 e. The topological polar surface area (TPSA) is 233 Å². The number of amides is 3. The van der Waals surface area contributed by atoms with Gasteiger partial charge in [0.1, 0.15) is 42.3 Å². The van der Waals surface area contributed by atoms with Gasteiger partial charge in [0.25, 0.3) is 11.8 Å². The Balaban J connectivity index is 0.643. The number of aryl methyl sites for hydroxylation is 1. The molecule has 3 aromatic heterocycles. The SMILES string of the molecule is C=C1CCC(N2C(=O)c3cccc(NCCCCCCCC(=O)CCCCCNc4ncnc5c4ncn5[C@@H]4O[C@H](CN(C(C)C)C5CC(CCc6nc7ccc(C(C)(C)C)cc7[nH]6)C5)C(O)[C@@H]4O)c3C2=O)C(=O)N1. The second-order valence-electron chi connectivity index (χ2n) is 22.7. The van der Waals surface area contributed by atoms with Crippen molar-refractivity contribution >= 4 is 57.2 Å². The highest BCUT2D eigenvalue weighted by Crippen LogP contribution is 2.39. The zero-order valence-electron chi connectivity index (χ0n) is 44.4. The lowest BCUT2D eigenvalue weighted by Crippen LogP contribution is -2.52. The molecule has 75 heavy (non-hydrogen) atoms. The van der Waals surface area contributed by atoms with E-state index in [0.717, 1.165) is 98.8 Å². The number of aliphatic hydroxyl groups excluding tert-OH is 2. The molecule has 4 aliphatic rings. The molecular formula is C57H77N11O7. The van der Waals surface area contributed by atoms with Crippen LogP contribution in [0.15, 0.2) is 61.3 Å². The first-order chi connectivity index (χ1) is 36.0. The van der Waals surface area contributed by atoms with Gasteiger partial charge in [0.05, 0.1) is 28.5 Å². The van der Waals surface area contributed by atoms with E-state index in [2.05, 4.69) is 100 Å². The third-order valence-electron chi connectivity index (χ3n) is 15.8. The van der Waals surface area contributed by atoms with Crippen molar-refractivity contribution in [3.8, 4) is 0 Å². The van der Waals surface area contributed by atoms with Gasteiger partial charge in [-0.1, -0.05) is 65.2 Å². The molecule has 3 fully saturated rings. The van der Waals surface area contributed by atoms with Gasteiger partial charge in [-0.05, 0) is 113 Å². The van der Waals surface area contributed by atoms with E-state index >= 15 is 0 Å². The van der Waals surface area contributed by atoms with Gasteiger partial charge in [0, 0.05) is 62.4 Å². The molecular weight excluding hydrogens is 951 g/mol. The van der Waals surface area contributed by atoms with Crippen molar-refractivity contribution in [1.29, 1.82) is 0 Å². The molecule has 9 rings (SSSR count). The number of hydrogen-bond donors (Lipinski definition) is 6. The van der Waals surface area contributed by atoms with E-state index in [-0.39, 0.29) is 23.1 Å². The Morgan fingerprint density at radius 2 is 1.65 bits per heavy atom. The Labute approximate surface area is 439 Å². The molecule has 2 aromatic carbocycles. The summed E-state index contributed by atoms with van der Waals surface area (Å²) in [4.78, 5) is 77.3. The van der Waals surface area contributed by atoms with E-state index in [4.69, 9.17) is 9.72 Å². The van der Waals surface area contributed by atoms with Crippen molar-refractivity contribution in [2.24, 2.45) is 5.92 Å². The fourth-order valence-corrected chi connectivity index (χ4v) is 11.4. The number of aromatic amines is 1. The second kappa shape index (κ2) is 23.4. The molecule has 6 N–H and O–H groups in total. The molecule has 2 unspecified atom stereocenters. The number of anilines is 2. The van der Waals surface area contributed by atoms with Crippen LogP contribution in [-0.4, -0.2) is 129 Å².